The average Bonchev–Trinajstić information content (AvgIpc) is 2.03. The van der Waals surface area contributed by atoms with Gasteiger partial charge in [-0.1, -0.05) is 0 Å². The van der Waals surface area contributed by atoms with Crippen LogP contribution in [0.5, 0.6) is 5.75 Å². The predicted molar refractivity (Wildman–Crippen MR) is 68.6 cm³/mol. The maximum absolute atomic E-state index is 10.9. The Morgan fingerprint density at radius 1 is 1.38 bits per heavy atom. The molecule has 0 aliphatic carbocycles. The summed E-state index contributed by atoms with van der Waals surface area (Å²) < 4.78 is 6.91. The van der Waals surface area contributed by atoms with Gasteiger partial charge < -0.3 is 4.74 Å². The zero-order valence-electron chi connectivity index (χ0n) is 6.61. The summed E-state index contributed by atoms with van der Waals surface area (Å²) in [7, 11) is 1.60. The summed E-state index contributed by atoms with van der Waals surface area (Å²) in [5.74, 6) is 0.780. The average molecular weight is 422 g/mol. The molecule has 0 unspecified atom stereocenters. The van der Waals surface area contributed by atoms with Gasteiger partial charge in [0.25, 0.3) is 5.24 Å². The molecule has 0 bridgehead atoms. The van der Waals surface area contributed by atoms with E-state index in [0.717, 1.165) is 12.9 Å². The Hall–Kier alpha value is 0.440. The van der Waals surface area contributed by atoms with Crippen LogP contribution in [0, 0.1) is 7.14 Å². The number of benzene rings is 1. The highest BCUT2D eigenvalue weighted by molar-refractivity contribution is 14.1. The molecule has 1 aromatic rings. The van der Waals surface area contributed by atoms with Gasteiger partial charge in [-0.2, -0.15) is 0 Å². The highest BCUT2D eigenvalue weighted by Gasteiger charge is 2.10. The maximum Gasteiger partial charge on any atom is 0.252 e. The molecule has 0 aliphatic rings. The fourth-order valence-corrected chi connectivity index (χ4v) is 3.19. The van der Waals surface area contributed by atoms with E-state index in [2.05, 4.69) is 45.2 Å². The lowest BCUT2D eigenvalue weighted by atomic mass is 10.2. The van der Waals surface area contributed by atoms with E-state index < -0.39 is 5.24 Å². The minimum Gasteiger partial charge on any atom is -0.495 e. The van der Waals surface area contributed by atoms with Crippen molar-refractivity contribution in [1.29, 1.82) is 0 Å². The van der Waals surface area contributed by atoms with Crippen LogP contribution in [-0.4, -0.2) is 12.4 Å². The fourth-order valence-electron chi connectivity index (χ4n) is 0.868. The zero-order chi connectivity index (χ0) is 10.0. The Morgan fingerprint density at radius 2 is 1.85 bits per heavy atom. The van der Waals surface area contributed by atoms with Crippen molar-refractivity contribution in [1.82, 2.24) is 0 Å². The van der Waals surface area contributed by atoms with Crippen molar-refractivity contribution in [2.45, 2.75) is 0 Å². The van der Waals surface area contributed by atoms with Gasteiger partial charge in [-0.15, -0.1) is 0 Å². The van der Waals surface area contributed by atoms with Gasteiger partial charge in [-0.3, -0.25) is 4.79 Å². The van der Waals surface area contributed by atoms with Crippen molar-refractivity contribution in [3.63, 3.8) is 0 Å². The lowest BCUT2D eigenvalue weighted by Gasteiger charge is -2.06. The van der Waals surface area contributed by atoms with Gasteiger partial charge >= 0.3 is 0 Å². The number of ether oxygens (including phenoxy) is 1. The van der Waals surface area contributed by atoms with Crippen molar-refractivity contribution >= 4 is 62.0 Å². The fraction of sp³-hybridized carbons (Fsp3) is 0.125. The van der Waals surface area contributed by atoms with Crippen LogP contribution in [0.15, 0.2) is 12.1 Å². The molecule has 0 radical (unpaired) electrons. The van der Waals surface area contributed by atoms with Gasteiger partial charge in [-0.25, -0.2) is 0 Å². The maximum atomic E-state index is 10.9. The van der Waals surface area contributed by atoms with E-state index in [1.54, 1.807) is 19.2 Å². The first kappa shape index (κ1) is 11.5. The van der Waals surface area contributed by atoms with Crippen LogP contribution >= 0.6 is 56.8 Å². The van der Waals surface area contributed by atoms with E-state index in [-0.39, 0.29) is 0 Å². The van der Waals surface area contributed by atoms with Crippen LogP contribution in [0.2, 0.25) is 0 Å². The van der Waals surface area contributed by atoms with Crippen LogP contribution in [0.25, 0.3) is 0 Å². The van der Waals surface area contributed by atoms with E-state index in [9.17, 15) is 4.79 Å². The highest BCUT2D eigenvalue weighted by Crippen LogP contribution is 2.28. The normalized spacial score (nSPS) is 9.85. The van der Waals surface area contributed by atoms with Crippen LogP contribution in [0.3, 0.4) is 0 Å². The molecule has 13 heavy (non-hydrogen) atoms. The molecule has 0 heterocycles. The van der Waals surface area contributed by atoms with Crippen molar-refractivity contribution in [3.8, 4) is 5.75 Å². The summed E-state index contributed by atoms with van der Waals surface area (Å²) in [6, 6.07) is 3.41. The number of hydrogen-bond acceptors (Lipinski definition) is 2. The molecule has 0 amide bonds. The van der Waals surface area contributed by atoms with Gasteiger partial charge in [0, 0.05) is 5.56 Å². The van der Waals surface area contributed by atoms with Gasteiger partial charge in [0.15, 0.2) is 0 Å². The molecule has 0 atom stereocenters. The second-order valence-corrected chi connectivity index (χ2v) is 4.91. The third-order valence-corrected chi connectivity index (χ3v) is 3.25. The second-order valence-electron chi connectivity index (χ2n) is 2.25. The molecule has 0 aliphatic heterocycles. The SMILES string of the molecule is COc1c(I)cc(C(=O)Cl)cc1I. The summed E-state index contributed by atoms with van der Waals surface area (Å²) in [6.45, 7) is 0. The van der Waals surface area contributed by atoms with Gasteiger partial charge in [-0.05, 0) is 68.9 Å². The molecular formula is C8H5ClI2O2. The molecule has 0 saturated carbocycles. The number of rotatable bonds is 2. The van der Waals surface area contributed by atoms with Crippen molar-refractivity contribution in [2.24, 2.45) is 0 Å². The molecule has 1 rings (SSSR count). The van der Waals surface area contributed by atoms with Crippen LogP contribution in [0.1, 0.15) is 10.4 Å². The molecule has 5 heteroatoms. The number of carbonyl (C=O) groups is 1. The Bertz CT molecular complexity index is 329. The molecule has 0 spiro atoms. The lowest BCUT2D eigenvalue weighted by Crippen LogP contribution is -1.96. The third kappa shape index (κ3) is 2.69. The first-order chi connectivity index (χ1) is 6.06. The van der Waals surface area contributed by atoms with Crippen LogP contribution in [-0.2, 0) is 0 Å². The number of methoxy groups -OCH3 is 1. The summed E-state index contributed by atoms with van der Waals surface area (Å²) in [5, 5.41) is -0.446. The van der Waals surface area contributed by atoms with Gasteiger partial charge in [0.2, 0.25) is 0 Å². The van der Waals surface area contributed by atoms with E-state index in [1.807, 2.05) is 0 Å². The second kappa shape index (κ2) is 4.79. The molecule has 1 aromatic carbocycles. The lowest BCUT2D eigenvalue weighted by molar-refractivity contribution is 0.108. The number of hydrogen-bond donors (Lipinski definition) is 0. The minimum absolute atomic E-state index is 0.446. The summed E-state index contributed by atoms with van der Waals surface area (Å²) in [4.78, 5) is 10.9. The monoisotopic (exact) mass is 422 g/mol. The zero-order valence-corrected chi connectivity index (χ0v) is 11.7. The van der Waals surface area contributed by atoms with Crippen molar-refractivity contribution < 1.29 is 9.53 Å². The number of carbonyl (C=O) groups excluding carboxylic acids is 1. The summed E-state index contributed by atoms with van der Waals surface area (Å²) >= 11 is 9.56. The Labute approximate surface area is 108 Å². The molecular weight excluding hydrogens is 417 g/mol. The molecule has 0 saturated heterocycles. The summed E-state index contributed by atoms with van der Waals surface area (Å²) in [6.07, 6.45) is 0. The van der Waals surface area contributed by atoms with E-state index in [4.69, 9.17) is 16.3 Å². The third-order valence-electron chi connectivity index (χ3n) is 1.43. The van der Waals surface area contributed by atoms with E-state index in [1.165, 1.54) is 0 Å². The smallest absolute Gasteiger partial charge is 0.252 e. The standard InChI is InChI=1S/C8H5ClI2O2/c1-13-7-5(10)2-4(8(9)12)3-6(7)11/h2-3H,1H3. The van der Waals surface area contributed by atoms with Crippen LogP contribution < -0.4 is 4.74 Å². The van der Waals surface area contributed by atoms with Gasteiger partial charge in [0.05, 0.1) is 14.3 Å². The molecule has 0 N–H and O–H groups in total. The molecule has 0 fully saturated rings. The first-order valence-corrected chi connectivity index (χ1v) is 5.82. The Morgan fingerprint density at radius 3 is 2.15 bits per heavy atom. The van der Waals surface area contributed by atoms with Crippen LogP contribution in [0.4, 0.5) is 0 Å². The van der Waals surface area contributed by atoms with E-state index in [0.29, 0.717) is 5.56 Å². The van der Waals surface area contributed by atoms with E-state index >= 15 is 0 Å². The van der Waals surface area contributed by atoms with Crippen molar-refractivity contribution in [2.75, 3.05) is 7.11 Å². The molecule has 0 aromatic heterocycles. The highest BCUT2D eigenvalue weighted by atomic mass is 127. The van der Waals surface area contributed by atoms with Gasteiger partial charge in [0.1, 0.15) is 5.75 Å². The Kier molecular flexibility index (Phi) is 4.24. The predicted octanol–water partition coefficient (Wildman–Crippen LogP) is 3.28. The molecule has 70 valence electrons. The minimum atomic E-state index is -0.446. The summed E-state index contributed by atoms with van der Waals surface area (Å²) in [5.41, 5.74) is 0.497. The largest absolute Gasteiger partial charge is 0.495 e. The molecule has 2 nitrogen and oxygen atoms in total. The quantitative estimate of drug-likeness (QED) is 0.540. The first-order valence-electron chi connectivity index (χ1n) is 3.29. The Balaban J connectivity index is 3.28. The van der Waals surface area contributed by atoms with Crippen molar-refractivity contribution in [3.05, 3.63) is 24.8 Å². The topological polar surface area (TPSA) is 26.3 Å². The number of halogens is 3.